The van der Waals surface area contributed by atoms with Crippen molar-refractivity contribution in [1.82, 2.24) is 0 Å². The molecular weight excluding hydrogens is 1730 g/mol. The van der Waals surface area contributed by atoms with Crippen molar-refractivity contribution in [1.29, 1.82) is 0 Å². The quantitative estimate of drug-likeness (QED) is 0.0456. The first-order chi connectivity index (χ1) is 61.8. The monoisotopic (exact) mass is 1880 g/mol. The van der Waals surface area contributed by atoms with Crippen LogP contribution in [0, 0.1) is 67.2 Å². The van der Waals surface area contributed by atoms with E-state index in [9.17, 15) is 0 Å². The molecule has 660 valence electrons. The van der Waals surface area contributed by atoms with Gasteiger partial charge in [0.2, 0.25) is 0 Å². The van der Waals surface area contributed by atoms with Crippen molar-refractivity contribution in [3.8, 4) is 67.2 Å². The fourth-order valence-electron chi connectivity index (χ4n) is 23.0. The molecule has 0 N–H and O–H groups in total. The minimum atomic E-state index is -2.60. The Bertz CT molecular complexity index is 6100. The molecule has 15 aromatic carbocycles. The number of benzene rings is 15. The third kappa shape index (κ3) is 18.8. The topological polar surface area (TPSA) is 0 Å². The van der Waals surface area contributed by atoms with E-state index in [-0.39, 0.29) is 0 Å². The van der Waals surface area contributed by atoms with Gasteiger partial charge < -0.3 is 0 Å². The Morgan fingerprint density at radius 2 is 0.364 bits per heavy atom. The molecule has 0 aliphatic carbocycles. The van der Waals surface area contributed by atoms with Crippen LogP contribution in [0.15, 0.2) is 218 Å². The van der Waals surface area contributed by atoms with E-state index in [2.05, 4.69) is 473 Å². The average Bonchev–Trinajstić information content (AvgIpc) is 0.736. The van der Waals surface area contributed by atoms with E-state index in [4.69, 9.17) is 0 Å². The van der Waals surface area contributed by atoms with Crippen LogP contribution in [0.25, 0.3) is 129 Å². The second-order valence-electron chi connectivity index (χ2n) is 40.4. The van der Waals surface area contributed by atoms with E-state index in [0.29, 0.717) is 47.5 Å². The van der Waals surface area contributed by atoms with Crippen LogP contribution in [0.2, 0.25) is 99.5 Å². The summed E-state index contributed by atoms with van der Waals surface area (Å²) in [5.41, 5.74) is 26.7. The second kappa shape index (κ2) is 40.8. The van der Waals surface area contributed by atoms with Crippen molar-refractivity contribution in [2.75, 3.05) is 0 Å². The molecule has 0 atom stereocenters. The summed E-state index contributed by atoms with van der Waals surface area (Å²) < 4.78 is 10.0. The number of hydrogen-bond acceptors (Lipinski definition) is 0. The molecule has 0 aliphatic rings. The van der Waals surface area contributed by atoms with Gasteiger partial charge in [-0.2, -0.15) is 0 Å². The van der Waals surface area contributed by atoms with Gasteiger partial charge in [-0.3, -0.25) is 0 Å². The number of rotatable bonds is 18. The van der Waals surface area contributed by atoms with Gasteiger partial charge in [-0.05, 0) is 102 Å². The van der Waals surface area contributed by atoms with Gasteiger partial charge in [0.25, 0.3) is 0 Å². The van der Waals surface area contributed by atoms with Gasteiger partial charge >= 0.3 is 530 Å². The van der Waals surface area contributed by atoms with E-state index < -0.39 is 58.8 Å². The first-order valence-corrected chi connectivity index (χ1v) is 69.3. The Morgan fingerprint density at radius 3 is 0.512 bits per heavy atom. The number of hydrogen-bond donors (Lipinski definition) is 0. The Balaban J connectivity index is 0.000000165. The Morgan fingerprint density at radius 1 is 0.209 bits per heavy atom. The summed E-state index contributed by atoms with van der Waals surface area (Å²) in [4.78, 5) is 0. The van der Waals surface area contributed by atoms with Crippen molar-refractivity contribution in [3.05, 3.63) is 252 Å². The molecule has 0 saturated carbocycles. The molecule has 0 unspecified atom stereocenters. The van der Waals surface area contributed by atoms with Gasteiger partial charge in [-0.15, -0.1) is 11.1 Å². The first-order valence-electron chi connectivity index (χ1n) is 49.4. The maximum absolute atomic E-state index is 4.14. The van der Waals surface area contributed by atoms with Gasteiger partial charge in [-0.1, -0.05) is 123 Å². The van der Waals surface area contributed by atoms with Crippen LogP contribution in [-0.4, -0.2) is 58.8 Å². The molecule has 0 bridgehead atoms. The molecule has 0 nitrogen and oxygen atoms in total. The van der Waals surface area contributed by atoms with E-state index in [1.807, 2.05) is 0 Å². The van der Waals surface area contributed by atoms with Crippen molar-refractivity contribution in [2.24, 2.45) is 0 Å². The van der Waals surface area contributed by atoms with E-state index in [0.717, 1.165) is 0 Å². The fraction of sp³-hybridized carbons (Fsp3) is 0.366. The van der Waals surface area contributed by atoms with Gasteiger partial charge in [0.05, 0.1) is 0 Å². The molecule has 15 rings (SSSR count). The summed E-state index contributed by atoms with van der Waals surface area (Å²) in [6.45, 7) is 64.6. The first kappa shape index (κ1) is 97.3. The molecule has 0 aromatic heterocycles. The van der Waals surface area contributed by atoms with Crippen LogP contribution in [0.4, 0.5) is 0 Å². The summed E-state index contributed by atoms with van der Waals surface area (Å²) in [7, 11) is -7.20. The minimum absolute atomic E-state index is 0.583. The van der Waals surface area contributed by atoms with Crippen LogP contribution in [-0.2, 0) is 0 Å². The summed E-state index contributed by atoms with van der Waals surface area (Å²) >= 11 is -4.84. The Hall–Kier alpha value is -9.27. The average molecular weight is 1880 g/mol. The molecule has 0 aliphatic heterocycles. The van der Waals surface area contributed by atoms with Crippen LogP contribution < -0.4 is 0 Å². The molecule has 15 aromatic rings. The molecule has 0 heterocycles. The van der Waals surface area contributed by atoms with Crippen LogP contribution in [0.3, 0.4) is 0 Å². The molecule has 0 spiro atoms. The van der Waals surface area contributed by atoms with Gasteiger partial charge in [-0.25, -0.2) is 0 Å². The van der Waals surface area contributed by atoms with Crippen LogP contribution in [0.1, 0.15) is 220 Å². The summed E-state index contributed by atoms with van der Waals surface area (Å²) in [6, 6.07) is 88.5. The summed E-state index contributed by atoms with van der Waals surface area (Å²) in [5.74, 6) is 23.5. The van der Waals surface area contributed by atoms with Crippen molar-refractivity contribution >= 4 is 188 Å². The third-order valence-corrected chi connectivity index (χ3v) is 76.9. The zero-order valence-electron chi connectivity index (χ0n) is 83.3. The molecule has 0 amide bonds. The molecule has 0 radical (unpaired) electrons. The van der Waals surface area contributed by atoms with Crippen molar-refractivity contribution in [3.63, 3.8) is 0 Å². The molecule has 129 heavy (non-hydrogen) atoms. The van der Waals surface area contributed by atoms with Gasteiger partial charge in [0.1, 0.15) is 16.1 Å². The summed E-state index contributed by atoms with van der Waals surface area (Å²) in [6.07, 6.45) is 0. The Labute approximate surface area is 786 Å². The summed E-state index contributed by atoms with van der Waals surface area (Å²) in [5, 5.41) is 33.9. The van der Waals surface area contributed by atoms with E-state index in [1.54, 1.807) is 0 Å². The molecule has 0 saturated heterocycles. The fourth-order valence-corrected chi connectivity index (χ4v) is 54.3. The third-order valence-electron chi connectivity index (χ3n) is 31.8. The second-order valence-corrected chi connectivity index (χ2v) is 83.5. The number of fused-ring (bicyclic) bond motifs is 12. The maximum atomic E-state index is 4.14. The van der Waals surface area contributed by atoms with Crippen LogP contribution >= 0.6 is 0 Å². The SMILES string of the molecule is CC[Si](C#Cc1c2cc3ccccc3cc2c(C#C[Si](C(C)C)(C(C)C)C(C)C)c2cc3ccccc3cc12)(CC)CC.CC[Si](C#Cc1c2cc3ccccc3cc2c(C#[C][Ge]([CH](C)C)([CH](C)C)[CH](C)C)c2cc3ccccc3cc12)(CC)CC.C[CH2][Ge]([C]#Cc1c2cc3ccccc3cc2c(C#C[Si](C(C)C)(C(C)C)C(C)C)c2cc3ccccc3cc12)([CH2]C)[CH2]C. The van der Waals surface area contributed by atoms with Crippen LogP contribution in [0.5, 0.6) is 0 Å². The standard InChI is InChI=1S/2C41H48GeSi.C41H48Si2/c1-10-43(11-2,12-3)24-22-37-40-27-34-19-15-13-17-32(34)25-38(40)36(21-23-42(29(4)5,30(6)7)31(8)9)39-26-33-18-14-16-20-35(33)28-41(37)39;2*1-10-42(11-2,12-3)23-21-36-38-25-32-17-13-15-19-34(32)27-40(38)37(22-24-43(29(4)5,30(6)7)31(8)9)41-28-35-20-16-14-18-33(35)26-39(36)41/h3*13-20,25-31H,10-12H2,1-9H3. The predicted octanol–water partition coefficient (Wildman–Crippen LogP) is 36.8. The van der Waals surface area contributed by atoms with Gasteiger partial charge in [0, 0.05) is 11.1 Å². The zero-order chi connectivity index (χ0) is 92.8. The normalized spacial score (nSPS) is 12.4. The molecular formula is C123H144Ge2Si4. The molecule has 6 heteroatoms. The van der Waals surface area contributed by atoms with E-state index in [1.165, 1.54) is 215 Å². The zero-order valence-corrected chi connectivity index (χ0v) is 91.5. The predicted molar refractivity (Wildman–Crippen MR) is 595 cm³/mol. The van der Waals surface area contributed by atoms with Gasteiger partial charge in [0.15, 0.2) is 0 Å². The Kier molecular flexibility index (Phi) is 30.8. The van der Waals surface area contributed by atoms with Crippen molar-refractivity contribution < 1.29 is 0 Å². The van der Waals surface area contributed by atoms with Crippen molar-refractivity contribution in [2.45, 2.75) is 286 Å². The molecule has 0 fully saturated rings. The van der Waals surface area contributed by atoms with E-state index >= 15 is 0 Å².